The minimum atomic E-state index is -3.04. The molecule has 23 heavy (non-hydrogen) atoms. The number of sulfone groups is 1. The van der Waals surface area contributed by atoms with Crippen LogP contribution in [0.4, 0.5) is 0 Å². The smallest absolute Gasteiger partial charge is 0.227 e. The second-order valence-electron chi connectivity index (χ2n) is 6.09. The molecular formula is C16H21NO5S. The first-order valence-corrected chi connectivity index (χ1v) is 9.48. The lowest BCUT2D eigenvalue weighted by atomic mass is 9.97. The third-order valence-corrected chi connectivity index (χ3v) is 6.38. The maximum atomic E-state index is 12.6. The summed E-state index contributed by atoms with van der Waals surface area (Å²) in [5, 5.41) is 0. The highest BCUT2D eigenvalue weighted by atomic mass is 32.2. The van der Waals surface area contributed by atoms with Crippen LogP contribution >= 0.6 is 0 Å². The van der Waals surface area contributed by atoms with Gasteiger partial charge in [0.05, 0.1) is 31.6 Å². The predicted molar refractivity (Wildman–Crippen MR) is 85.4 cm³/mol. The van der Waals surface area contributed by atoms with Gasteiger partial charge in [-0.25, -0.2) is 8.42 Å². The quantitative estimate of drug-likeness (QED) is 0.822. The van der Waals surface area contributed by atoms with Gasteiger partial charge < -0.3 is 14.4 Å². The lowest BCUT2D eigenvalue weighted by molar-refractivity contribution is -0.135. The number of methoxy groups -OCH3 is 2. The summed E-state index contributed by atoms with van der Waals surface area (Å²) in [6, 6.07) is 3.86. The number of carbonyl (C=O) groups is 1. The van der Waals surface area contributed by atoms with Gasteiger partial charge >= 0.3 is 0 Å². The van der Waals surface area contributed by atoms with Gasteiger partial charge in [-0.3, -0.25) is 4.79 Å². The van der Waals surface area contributed by atoms with Gasteiger partial charge in [0.25, 0.3) is 0 Å². The van der Waals surface area contributed by atoms with Crippen LogP contribution in [0.2, 0.25) is 0 Å². The normalized spacial score (nSPS) is 22.5. The highest BCUT2D eigenvalue weighted by Gasteiger charge is 2.36. The molecule has 0 aliphatic carbocycles. The van der Waals surface area contributed by atoms with E-state index in [0.717, 1.165) is 17.5 Å². The third-order valence-electron chi connectivity index (χ3n) is 4.61. The van der Waals surface area contributed by atoms with Crippen LogP contribution in [0.1, 0.15) is 17.5 Å². The molecule has 1 fully saturated rings. The second-order valence-corrected chi connectivity index (χ2v) is 8.31. The Morgan fingerprint density at radius 2 is 1.83 bits per heavy atom. The van der Waals surface area contributed by atoms with Gasteiger partial charge in [-0.15, -0.1) is 0 Å². The molecule has 0 aromatic heterocycles. The molecule has 126 valence electrons. The van der Waals surface area contributed by atoms with E-state index in [4.69, 9.17) is 9.47 Å². The molecule has 0 saturated carbocycles. The van der Waals surface area contributed by atoms with E-state index >= 15 is 0 Å². The molecule has 2 heterocycles. The van der Waals surface area contributed by atoms with Crippen molar-refractivity contribution < 1.29 is 22.7 Å². The van der Waals surface area contributed by atoms with Crippen molar-refractivity contribution in [2.75, 3.05) is 32.3 Å². The monoisotopic (exact) mass is 339 g/mol. The fourth-order valence-electron chi connectivity index (χ4n) is 3.32. The number of hydrogen-bond donors (Lipinski definition) is 0. The molecule has 0 unspecified atom stereocenters. The van der Waals surface area contributed by atoms with Gasteiger partial charge in [-0.1, -0.05) is 0 Å². The number of amides is 1. The van der Waals surface area contributed by atoms with Crippen molar-refractivity contribution in [2.45, 2.75) is 19.4 Å². The summed E-state index contributed by atoms with van der Waals surface area (Å²) in [4.78, 5) is 14.3. The molecule has 1 amide bonds. The summed E-state index contributed by atoms with van der Waals surface area (Å²) in [7, 11) is 0.140. The summed E-state index contributed by atoms with van der Waals surface area (Å²) >= 11 is 0. The fraction of sp³-hybridized carbons (Fsp3) is 0.562. The Bertz CT molecular complexity index is 728. The maximum absolute atomic E-state index is 12.6. The van der Waals surface area contributed by atoms with E-state index in [0.29, 0.717) is 31.0 Å². The number of ether oxygens (including phenoxy) is 2. The first kappa shape index (κ1) is 16.1. The predicted octanol–water partition coefficient (Wildman–Crippen LogP) is 1.02. The minimum absolute atomic E-state index is 0.0128. The van der Waals surface area contributed by atoms with Gasteiger partial charge in [0.2, 0.25) is 5.91 Å². The largest absolute Gasteiger partial charge is 0.493 e. The first-order chi connectivity index (χ1) is 10.9. The molecule has 2 aliphatic rings. The second kappa shape index (κ2) is 6.03. The Kier molecular flexibility index (Phi) is 4.23. The van der Waals surface area contributed by atoms with E-state index in [2.05, 4.69) is 0 Å². The Labute approximate surface area is 136 Å². The van der Waals surface area contributed by atoms with Crippen molar-refractivity contribution in [3.63, 3.8) is 0 Å². The molecule has 1 aromatic rings. The molecule has 0 N–H and O–H groups in total. The highest BCUT2D eigenvalue weighted by Crippen LogP contribution is 2.34. The van der Waals surface area contributed by atoms with Gasteiger partial charge in [0.1, 0.15) is 0 Å². The van der Waals surface area contributed by atoms with Crippen LogP contribution in [-0.2, 0) is 27.6 Å². The van der Waals surface area contributed by atoms with E-state index in [1.54, 1.807) is 19.1 Å². The van der Waals surface area contributed by atoms with Gasteiger partial charge in [-0.2, -0.15) is 0 Å². The average molecular weight is 339 g/mol. The topological polar surface area (TPSA) is 72.9 Å². The molecule has 7 heteroatoms. The van der Waals surface area contributed by atoms with Crippen LogP contribution in [0, 0.1) is 5.92 Å². The van der Waals surface area contributed by atoms with Crippen LogP contribution in [0.25, 0.3) is 0 Å². The minimum Gasteiger partial charge on any atom is -0.493 e. The zero-order valence-electron chi connectivity index (χ0n) is 13.4. The van der Waals surface area contributed by atoms with Crippen molar-refractivity contribution >= 4 is 15.7 Å². The zero-order chi connectivity index (χ0) is 16.6. The average Bonchev–Trinajstić information content (AvgIpc) is 2.92. The Morgan fingerprint density at radius 3 is 2.39 bits per heavy atom. The van der Waals surface area contributed by atoms with Gasteiger partial charge in [0.15, 0.2) is 21.3 Å². The Balaban J connectivity index is 1.78. The molecular weight excluding hydrogens is 318 g/mol. The molecule has 0 radical (unpaired) electrons. The van der Waals surface area contributed by atoms with Gasteiger partial charge in [0, 0.05) is 13.1 Å². The molecule has 6 nitrogen and oxygen atoms in total. The van der Waals surface area contributed by atoms with Crippen LogP contribution in [0.15, 0.2) is 12.1 Å². The highest BCUT2D eigenvalue weighted by molar-refractivity contribution is 7.91. The fourth-order valence-corrected chi connectivity index (χ4v) is 5.05. The van der Waals surface area contributed by atoms with Crippen molar-refractivity contribution in [1.29, 1.82) is 0 Å². The molecule has 1 atom stereocenters. The van der Waals surface area contributed by atoms with Crippen LogP contribution < -0.4 is 9.47 Å². The van der Waals surface area contributed by atoms with Crippen LogP contribution in [0.3, 0.4) is 0 Å². The number of fused-ring (bicyclic) bond motifs is 1. The summed E-state index contributed by atoms with van der Waals surface area (Å²) in [6.45, 7) is 1.10. The molecule has 3 rings (SSSR count). The summed E-state index contributed by atoms with van der Waals surface area (Å²) in [6.07, 6.45) is 1.18. The lowest BCUT2D eigenvalue weighted by Gasteiger charge is -2.31. The first-order valence-electron chi connectivity index (χ1n) is 7.66. The molecule has 2 aliphatic heterocycles. The standard InChI is InChI=1S/C16H21NO5S/c1-21-14-7-11-3-5-17(9-13(11)8-15(14)22-2)16(18)12-4-6-23(19,20)10-12/h7-8,12H,3-6,9-10H2,1-2H3/t12-/m1/s1. The summed E-state index contributed by atoms with van der Waals surface area (Å²) in [5.41, 5.74) is 2.17. The lowest BCUT2D eigenvalue weighted by Crippen LogP contribution is -2.40. The SMILES string of the molecule is COc1cc2c(cc1OC)CN(C(=O)[C@@H]1CCS(=O)(=O)C1)CC2. The number of carbonyl (C=O) groups excluding carboxylic acids is 1. The molecule has 1 saturated heterocycles. The third kappa shape index (κ3) is 3.15. The van der Waals surface area contributed by atoms with E-state index in [1.165, 1.54) is 0 Å². The number of hydrogen-bond acceptors (Lipinski definition) is 5. The van der Waals surface area contributed by atoms with Crippen molar-refractivity contribution in [3.05, 3.63) is 23.3 Å². The van der Waals surface area contributed by atoms with E-state index in [1.807, 2.05) is 12.1 Å². The zero-order valence-corrected chi connectivity index (χ0v) is 14.2. The molecule has 1 aromatic carbocycles. The van der Waals surface area contributed by atoms with Crippen molar-refractivity contribution in [2.24, 2.45) is 5.92 Å². The maximum Gasteiger partial charge on any atom is 0.227 e. The van der Waals surface area contributed by atoms with Crippen LogP contribution in [-0.4, -0.2) is 51.5 Å². The number of benzene rings is 1. The molecule has 0 spiro atoms. The Morgan fingerprint density at radius 1 is 1.17 bits per heavy atom. The summed E-state index contributed by atoms with van der Waals surface area (Å²) in [5.74, 6) is 1.00. The number of rotatable bonds is 3. The number of nitrogens with zero attached hydrogens (tertiary/aromatic N) is 1. The van der Waals surface area contributed by atoms with E-state index in [9.17, 15) is 13.2 Å². The van der Waals surface area contributed by atoms with Crippen molar-refractivity contribution in [1.82, 2.24) is 4.90 Å². The van der Waals surface area contributed by atoms with Crippen LogP contribution in [0.5, 0.6) is 11.5 Å². The van der Waals surface area contributed by atoms with Crippen molar-refractivity contribution in [3.8, 4) is 11.5 Å². The summed E-state index contributed by atoms with van der Waals surface area (Å²) < 4.78 is 33.8. The Hall–Kier alpha value is -1.76. The van der Waals surface area contributed by atoms with E-state index in [-0.39, 0.29) is 23.3 Å². The van der Waals surface area contributed by atoms with Gasteiger partial charge in [-0.05, 0) is 36.1 Å². The van der Waals surface area contributed by atoms with E-state index < -0.39 is 9.84 Å². The molecule has 0 bridgehead atoms.